The average Bonchev–Trinajstić information content (AvgIpc) is 2.84. The molecule has 3 N–H and O–H groups in total. The molecule has 1 atom stereocenters. The molecule has 32 heavy (non-hydrogen) atoms. The van der Waals surface area contributed by atoms with Crippen LogP contribution in [0.2, 0.25) is 0 Å². The number of aliphatic hydroxyl groups excluding tert-OH is 2. The minimum atomic E-state index is -0.594. The Morgan fingerprint density at radius 2 is 1.62 bits per heavy atom. The first-order chi connectivity index (χ1) is 15.5. The maximum atomic E-state index is 10.4. The molecule has 0 fully saturated rings. The lowest BCUT2D eigenvalue weighted by Crippen LogP contribution is -2.26. The molecule has 5 heteroatoms. The monoisotopic (exact) mass is 444 g/mol. The van der Waals surface area contributed by atoms with Crippen molar-refractivity contribution in [2.45, 2.75) is 90.6 Å². The van der Waals surface area contributed by atoms with Crippen LogP contribution < -0.4 is 9.47 Å². The summed E-state index contributed by atoms with van der Waals surface area (Å²) < 4.78 is 12.3. The summed E-state index contributed by atoms with van der Waals surface area (Å²) in [5.74, 6) is 1.48. The van der Waals surface area contributed by atoms with Crippen LogP contribution in [-0.4, -0.2) is 27.5 Å². The molecule has 0 aromatic heterocycles. The van der Waals surface area contributed by atoms with Crippen molar-refractivity contribution in [2.75, 3.05) is 6.61 Å². The van der Waals surface area contributed by atoms with E-state index >= 15 is 0 Å². The van der Waals surface area contributed by atoms with Crippen LogP contribution in [0.25, 0.3) is 0 Å². The van der Waals surface area contributed by atoms with Gasteiger partial charge < -0.3 is 24.8 Å². The summed E-state index contributed by atoms with van der Waals surface area (Å²) >= 11 is 0. The van der Waals surface area contributed by atoms with Crippen LogP contribution in [-0.2, 0) is 13.2 Å². The van der Waals surface area contributed by atoms with Crippen molar-refractivity contribution in [3.63, 3.8) is 0 Å². The van der Waals surface area contributed by atoms with Crippen molar-refractivity contribution in [3.05, 3.63) is 59.2 Å². The van der Waals surface area contributed by atoms with E-state index in [4.69, 9.17) is 9.47 Å². The van der Waals surface area contributed by atoms with Crippen LogP contribution in [0.3, 0.4) is 0 Å². The van der Waals surface area contributed by atoms with Crippen molar-refractivity contribution in [1.29, 1.82) is 0 Å². The fourth-order valence-electron chi connectivity index (χ4n) is 3.82. The Morgan fingerprint density at radius 1 is 0.875 bits per heavy atom. The fourth-order valence-corrected chi connectivity index (χ4v) is 3.82. The van der Waals surface area contributed by atoms with Gasteiger partial charge in [0.2, 0.25) is 0 Å². The van der Waals surface area contributed by atoms with Gasteiger partial charge in [-0.3, -0.25) is 0 Å². The Kier molecular flexibility index (Phi) is 11.0. The maximum Gasteiger partial charge on any atom is 0.124 e. The molecule has 0 saturated heterocycles. The number of rotatable bonds is 15. The van der Waals surface area contributed by atoms with Crippen molar-refractivity contribution in [1.82, 2.24) is 0 Å². The predicted octanol–water partition coefficient (Wildman–Crippen LogP) is 5.69. The Hall–Kier alpha value is -2.08. The highest BCUT2D eigenvalue weighted by atomic mass is 16.5. The molecule has 5 nitrogen and oxygen atoms in total. The third-order valence-electron chi connectivity index (χ3n) is 6.22. The van der Waals surface area contributed by atoms with Crippen LogP contribution in [0.4, 0.5) is 0 Å². The van der Waals surface area contributed by atoms with Gasteiger partial charge in [0.25, 0.3) is 0 Å². The molecule has 0 aliphatic heterocycles. The first-order valence-corrected chi connectivity index (χ1v) is 11.9. The van der Waals surface area contributed by atoms with Crippen LogP contribution >= 0.6 is 0 Å². The number of hydrogen-bond donors (Lipinski definition) is 3. The number of ether oxygens (including phenoxy) is 2. The van der Waals surface area contributed by atoms with Crippen molar-refractivity contribution in [3.8, 4) is 11.5 Å². The van der Waals surface area contributed by atoms with Gasteiger partial charge in [0.1, 0.15) is 17.6 Å². The molecule has 2 aromatic carbocycles. The summed E-state index contributed by atoms with van der Waals surface area (Å²) in [5.41, 5.74) is 1.84. The van der Waals surface area contributed by atoms with Gasteiger partial charge in [0.05, 0.1) is 25.4 Å². The standard InChI is InChI=1S/C27H40O5/c1-4-7-12-26(32-25-14-13-22(19-28)23(18-25)20-29)21-10-8-11-24(17-21)31-16-9-15-27(30,5-2)6-3/h8,10-11,13-14,17-18,26,28-30H,4-7,9,12,15-16,19-20H2,1-3H3. The maximum absolute atomic E-state index is 10.4. The molecular weight excluding hydrogens is 404 g/mol. The van der Waals surface area contributed by atoms with Gasteiger partial charge in [0.15, 0.2) is 0 Å². The van der Waals surface area contributed by atoms with Gasteiger partial charge in [-0.2, -0.15) is 0 Å². The van der Waals surface area contributed by atoms with E-state index in [0.717, 1.165) is 56.3 Å². The second-order valence-electron chi connectivity index (χ2n) is 8.45. The van der Waals surface area contributed by atoms with E-state index < -0.39 is 5.60 Å². The molecule has 0 saturated carbocycles. The zero-order valence-electron chi connectivity index (χ0n) is 19.8. The first-order valence-electron chi connectivity index (χ1n) is 11.9. The van der Waals surface area contributed by atoms with E-state index in [1.165, 1.54) is 0 Å². The number of aliphatic hydroxyl groups is 3. The second kappa shape index (κ2) is 13.5. The van der Waals surface area contributed by atoms with Crippen LogP contribution in [0.1, 0.15) is 88.5 Å². The Bertz CT molecular complexity index is 800. The van der Waals surface area contributed by atoms with Crippen molar-refractivity contribution < 1.29 is 24.8 Å². The molecule has 0 heterocycles. The number of hydrogen-bond acceptors (Lipinski definition) is 5. The highest BCUT2D eigenvalue weighted by molar-refractivity contribution is 5.36. The Balaban J connectivity index is 2.08. The first kappa shape index (κ1) is 26.2. The lowest BCUT2D eigenvalue weighted by atomic mass is 9.92. The largest absolute Gasteiger partial charge is 0.494 e. The second-order valence-corrected chi connectivity index (χ2v) is 8.45. The van der Waals surface area contributed by atoms with Crippen LogP contribution in [0.5, 0.6) is 11.5 Å². The molecule has 0 aliphatic rings. The van der Waals surface area contributed by atoms with Gasteiger partial charge in [-0.1, -0.05) is 45.4 Å². The minimum Gasteiger partial charge on any atom is -0.494 e. The van der Waals surface area contributed by atoms with Crippen LogP contribution in [0.15, 0.2) is 42.5 Å². The molecule has 0 amide bonds. The molecule has 0 radical (unpaired) electrons. The molecule has 178 valence electrons. The fraction of sp³-hybridized carbons (Fsp3) is 0.556. The summed E-state index contributed by atoms with van der Waals surface area (Å²) in [6.45, 7) is 6.51. The van der Waals surface area contributed by atoms with E-state index in [9.17, 15) is 15.3 Å². The van der Waals surface area contributed by atoms with E-state index in [1.807, 2.05) is 38.1 Å². The summed E-state index contributed by atoms with van der Waals surface area (Å²) in [6, 6.07) is 13.4. The summed E-state index contributed by atoms with van der Waals surface area (Å²) in [4.78, 5) is 0. The van der Waals surface area contributed by atoms with Gasteiger partial charge in [-0.25, -0.2) is 0 Å². The third-order valence-corrected chi connectivity index (χ3v) is 6.22. The van der Waals surface area contributed by atoms with Crippen LogP contribution in [0, 0.1) is 0 Å². The van der Waals surface area contributed by atoms with E-state index in [1.54, 1.807) is 12.1 Å². The van der Waals surface area contributed by atoms with Crippen molar-refractivity contribution in [2.24, 2.45) is 0 Å². The van der Waals surface area contributed by atoms with E-state index in [0.29, 0.717) is 23.5 Å². The van der Waals surface area contributed by atoms with E-state index in [-0.39, 0.29) is 19.3 Å². The predicted molar refractivity (Wildman–Crippen MR) is 128 cm³/mol. The SMILES string of the molecule is CCCCC(Oc1ccc(CO)c(CO)c1)c1cccc(OCCCC(O)(CC)CC)c1. The molecule has 2 aromatic rings. The lowest BCUT2D eigenvalue weighted by Gasteiger charge is -2.25. The zero-order valence-corrected chi connectivity index (χ0v) is 19.8. The highest BCUT2D eigenvalue weighted by Gasteiger charge is 2.21. The van der Waals surface area contributed by atoms with Gasteiger partial charge in [-0.15, -0.1) is 0 Å². The van der Waals surface area contributed by atoms with Gasteiger partial charge >= 0.3 is 0 Å². The molecular formula is C27H40O5. The highest BCUT2D eigenvalue weighted by Crippen LogP contribution is 2.30. The molecule has 0 bridgehead atoms. The molecule has 0 spiro atoms. The zero-order chi connectivity index (χ0) is 23.4. The number of benzene rings is 2. The average molecular weight is 445 g/mol. The summed E-state index contributed by atoms with van der Waals surface area (Å²) in [6.07, 6.45) is 5.90. The molecule has 0 aliphatic carbocycles. The van der Waals surface area contributed by atoms with Gasteiger partial charge in [0, 0.05) is 0 Å². The lowest BCUT2D eigenvalue weighted by molar-refractivity contribution is 0.0185. The normalized spacial score (nSPS) is 12.6. The Labute approximate surface area is 193 Å². The molecule has 1 unspecified atom stereocenters. The number of unbranched alkanes of at least 4 members (excludes halogenated alkanes) is 1. The summed E-state index contributed by atoms with van der Waals surface area (Å²) in [5, 5.41) is 29.5. The van der Waals surface area contributed by atoms with Crippen molar-refractivity contribution >= 4 is 0 Å². The smallest absolute Gasteiger partial charge is 0.124 e. The molecule has 2 rings (SSSR count). The van der Waals surface area contributed by atoms with Gasteiger partial charge in [-0.05, 0) is 79.5 Å². The Morgan fingerprint density at radius 3 is 2.28 bits per heavy atom. The van der Waals surface area contributed by atoms with E-state index in [2.05, 4.69) is 13.0 Å². The summed E-state index contributed by atoms with van der Waals surface area (Å²) in [7, 11) is 0. The minimum absolute atomic E-state index is 0.108. The third kappa shape index (κ3) is 7.80. The topological polar surface area (TPSA) is 79.2 Å². The quantitative estimate of drug-likeness (QED) is 0.308.